The summed E-state index contributed by atoms with van der Waals surface area (Å²) in [5, 5.41) is 1.38. The average molecular weight is 254 g/mol. The highest BCUT2D eigenvalue weighted by Crippen LogP contribution is 2.34. The average Bonchev–Trinajstić information content (AvgIpc) is 2.90. The zero-order valence-electron chi connectivity index (χ0n) is 12.3. The van der Waals surface area contributed by atoms with Crippen molar-refractivity contribution in [1.82, 2.24) is 0 Å². The predicted molar refractivity (Wildman–Crippen MR) is 80.3 cm³/mol. The molecule has 1 heterocycles. The number of pyridine rings is 1. The van der Waals surface area contributed by atoms with E-state index >= 15 is 0 Å². The number of rotatable bonds is 1. The maximum Gasteiger partial charge on any atom is 0.212 e. The van der Waals surface area contributed by atoms with Crippen molar-refractivity contribution in [1.29, 1.82) is 0 Å². The highest BCUT2D eigenvalue weighted by Gasteiger charge is 2.27. The number of para-hydroxylation sites is 1. The zero-order chi connectivity index (χ0) is 13.5. The van der Waals surface area contributed by atoms with Gasteiger partial charge in [0.05, 0.1) is 0 Å². The largest absolute Gasteiger partial charge is 0.212 e. The fraction of sp³-hybridized carbons (Fsp3) is 0.500. The lowest BCUT2D eigenvalue weighted by Crippen LogP contribution is -2.50. The number of hydrogen-bond acceptors (Lipinski definition) is 0. The van der Waals surface area contributed by atoms with E-state index in [-0.39, 0.29) is 5.54 Å². The normalized spacial score (nSPS) is 17.2. The van der Waals surface area contributed by atoms with Crippen molar-refractivity contribution in [2.24, 2.45) is 0 Å². The number of benzene rings is 1. The summed E-state index contributed by atoms with van der Waals surface area (Å²) >= 11 is 0. The molecule has 0 atom stereocenters. The Labute approximate surface area is 116 Å². The van der Waals surface area contributed by atoms with Crippen LogP contribution in [0, 0.1) is 0 Å². The molecule has 1 aliphatic carbocycles. The summed E-state index contributed by atoms with van der Waals surface area (Å²) in [6.45, 7) is 6.87. The van der Waals surface area contributed by atoms with Gasteiger partial charge in [0.25, 0.3) is 0 Å². The minimum atomic E-state index is 0.133. The molecule has 1 fully saturated rings. The van der Waals surface area contributed by atoms with Crippen LogP contribution in [0.3, 0.4) is 0 Å². The second kappa shape index (κ2) is 4.63. The number of fused-ring (bicyclic) bond motifs is 1. The minimum Gasteiger partial charge on any atom is -0.194 e. The van der Waals surface area contributed by atoms with Crippen LogP contribution in [0.2, 0.25) is 0 Å². The van der Waals surface area contributed by atoms with E-state index in [2.05, 4.69) is 61.9 Å². The van der Waals surface area contributed by atoms with Crippen LogP contribution >= 0.6 is 0 Å². The van der Waals surface area contributed by atoms with Gasteiger partial charge in [-0.1, -0.05) is 25.0 Å². The second-order valence-corrected chi connectivity index (χ2v) is 6.85. The lowest BCUT2D eigenvalue weighted by Gasteiger charge is -2.18. The minimum absolute atomic E-state index is 0.133. The number of hydrogen-bond donors (Lipinski definition) is 0. The third-order valence-electron chi connectivity index (χ3n) is 4.35. The summed E-state index contributed by atoms with van der Waals surface area (Å²) in [6, 6.07) is 11.2. The first-order chi connectivity index (χ1) is 9.05. The lowest BCUT2D eigenvalue weighted by atomic mass is 9.96. The van der Waals surface area contributed by atoms with Crippen LogP contribution in [-0.4, -0.2) is 0 Å². The Bertz CT molecular complexity index is 586. The molecule has 1 aromatic heterocycles. The molecule has 1 aromatic carbocycles. The van der Waals surface area contributed by atoms with Gasteiger partial charge in [0.1, 0.15) is 0 Å². The maximum absolute atomic E-state index is 2.45. The molecular formula is C18H24N+. The molecule has 1 nitrogen and oxygen atoms in total. The molecule has 0 saturated heterocycles. The fourth-order valence-corrected chi connectivity index (χ4v) is 3.30. The molecular weight excluding hydrogens is 230 g/mol. The van der Waals surface area contributed by atoms with Gasteiger partial charge in [0.2, 0.25) is 5.52 Å². The third-order valence-corrected chi connectivity index (χ3v) is 4.35. The van der Waals surface area contributed by atoms with Crippen LogP contribution in [0.1, 0.15) is 57.9 Å². The van der Waals surface area contributed by atoms with Gasteiger partial charge < -0.3 is 0 Å². The van der Waals surface area contributed by atoms with Crippen LogP contribution in [0.15, 0.2) is 36.5 Å². The van der Waals surface area contributed by atoms with Crippen LogP contribution < -0.4 is 4.57 Å². The van der Waals surface area contributed by atoms with Gasteiger partial charge in [-0.05, 0) is 30.9 Å². The first-order valence-corrected chi connectivity index (χ1v) is 7.50. The molecule has 2 aromatic rings. The van der Waals surface area contributed by atoms with E-state index in [1.165, 1.54) is 42.1 Å². The van der Waals surface area contributed by atoms with Crippen molar-refractivity contribution in [3.8, 4) is 0 Å². The monoisotopic (exact) mass is 254 g/mol. The Hall–Kier alpha value is -1.37. The molecule has 19 heavy (non-hydrogen) atoms. The molecule has 0 amide bonds. The van der Waals surface area contributed by atoms with Crippen LogP contribution in [0.4, 0.5) is 0 Å². The van der Waals surface area contributed by atoms with Crippen molar-refractivity contribution < 1.29 is 4.57 Å². The topological polar surface area (TPSA) is 3.88 Å². The van der Waals surface area contributed by atoms with E-state index < -0.39 is 0 Å². The number of nitrogens with zero attached hydrogens (tertiary/aromatic N) is 1. The van der Waals surface area contributed by atoms with Crippen molar-refractivity contribution in [3.63, 3.8) is 0 Å². The van der Waals surface area contributed by atoms with Crippen LogP contribution in [0.5, 0.6) is 0 Å². The first kappa shape index (κ1) is 12.7. The van der Waals surface area contributed by atoms with Gasteiger partial charge in [-0.2, -0.15) is 4.57 Å². The Morgan fingerprint density at radius 3 is 2.42 bits per heavy atom. The summed E-state index contributed by atoms with van der Waals surface area (Å²) < 4.78 is 2.45. The quantitative estimate of drug-likeness (QED) is 0.658. The summed E-state index contributed by atoms with van der Waals surface area (Å²) in [6.07, 6.45) is 7.92. The van der Waals surface area contributed by atoms with Gasteiger partial charge in [-0.3, -0.25) is 0 Å². The maximum atomic E-state index is 2.45. The Kier molecular flexibility index (Phi) is 3.08. The smallest absolute Gasteiger partial charge is 0.194 e. The zero-order valence-corrected chi connectivity index (χ0v) is 12.3. The molecule has 0 unspecified atom stereocenters. The van der Waals surface area contributed by atoms with E-state index in [0.29, 0.717) is 0 Å². The molecule has 0 bridgehead atoms. The first-order valence-electron chi connectivity index (χ1n) is 7.50. The van der Waals surface area contributed by atoms with Gasteiger partial charge in [-0.25, -0.2) is 0 Å². The Morgan fingerprint density at radius 1 is 1.05 bits per heavy atom. The van der Waals surface area contributed by atoms with Crippen molar-refractivity contribution in [2.75, 3.05) is 0 Å². The lowest BCUT2D eigenvalue weighted by molar-refractivity contribution is -0.731. The molecule has 1 heteroatoms. The van der Waals surface area contributed by atoms with E-state index in [1.54, 1.807) is 0 Å². The molecule has 100 valence electrons. The van der Waals surface area contributed by atoms with Crippen molar-refractivity contribution in [3.05, 3.63) is 42.1 Å². The summed E-state index contributed by atoms with van der Waals surface area (Å²) in [5.74, 6) is 0.776. The van der Waals surface area contributed by atoms with E-state index in [1.807, 2.05) is 0 Å². The predicted octanol–water partition coefficient (Wildman–Crippen LogP) is 4.54. The molecule has 0 N–H and O–H groups in total. The van der Waals surface area contributed by atoms with Gasteiger partial charge in [-0.15, -0.1) is 0 Å². The SMILES string of the molecule is CC(C)(C)[n+]1cc(C2CCCC2)cc2ccccc21. The van der Waals surface area contributed by atoms with Crippen molar-refractivity contribution in [2.45, 2.75) is 57.9 Å². The molecule has 1 aliphatic rings. The van der Waals surface area contributed by atoms with Crippen molar-refractivity contribution >= 4 is 10.9 Å². The fourth-order valence-electron chi connectivity index (χ4n) is 3.30. The second-order valence-electron chi connectivity index (χ2n) is 6.85. The molecule has 3 rings (SSSR count). The molecule has 1 saturated carbocycles. The van der Waals surface area contributed by atoms with Crippen LogP contribution in [-0.2, 0) is 5.54 Å². The molecule has 0 radical (unpaired) electrons. The Morgan fingerprint density at radius 2 is 1.74 bits per heavy atom. The standard InChI is InChI=1S/C18H24N/c1-18(2,3)19-13-16(14-8-4-5-9-14)12-15-10-6-7-11-17(15)19/h6-7,10-14H,4-5,8-9H2,1-3H3/q+1. The van der Waals surface area contributed by atoms with E-state index in [4.69, 9.17) is 0 Å². The highest BCUT2D eigenvalue weighted by molar-refractivity contribution is 5.76. The van der Waals surface area contributed by atoms with E-state index in [9.17, 15) is 0 Å². The third kappa shape index (κ3) is 2.39. The highest BCUT2D eigenvalue weighted by atomic mass is 15.0. The summed E-state index contributed by atoms with van der Waals surface area (Å²) in [4.78, 5) is 0. The van der Waals surface area contributed by atoms with Gasteiger partial charge in [0.15, 0.2) is 11.7 Å². The molecule has 0 aliphatic heterocycles. The van der Waals surface area contributed by atoms with E-state index in [0.717, 1.165) is 5.92 Å². The van der Waals surface area contributed by atoms with Crippen LogP contribution in [0.25, 0.3) is 10.9 Å². The van der Waals surface area contributed by atoms with Gasteiger partial charge >= 0.3 is 0 Å². The molecule has 0 spiro atoms. The summed E-state index contributed by atoms with van der Waals surface area (Å²) in [5.41, 5.74) is 3.01. The summed E-state index contributed by atoms with van der Waals surface area (Å²) in [7, 11) is 0. The van der Waals surface area contributed by atoms with Gasteiger partial charge in [0, 0.05) is 37.8 Å². The number of aromatic nitrogens is 1. The Balaban J connectivity index is 2.20.